The predicted molar refractivity (Wildman–Crippen MR) is 97.1 cm³/mol. The van der Waals surface area contributed by atoms with E-state index in [2.05, 4.69) is 31.9 Å². The lowest BCUT2D eigenvalue weighted by Gasteiger charge is -2.14. The van der Waals surface area contributed by atoms with Gasteiger partial charge in [0.2, 0.25) is 0 Å². The average Bonchev–Trinajstić information content (AvgIpc) is 2.55. The summed E-state index contributed by atoms with van der Waals surface area (Å²) in [4.78, 5) is 12.3. The fraction of sp³-hybridized carbons (Fsp3) is 0.188. The normalized spacial score (nSPS) is 11.2. The predicted octanol–water partition coefficient (Wildman–Crippen LogP) is 3.98. The zero-order chi connectivity index (χ0) is 17.9. The summed E-state index contributed by atoms with van der Waals surface area (Å²) in [5.74, 6) is -0.781. The number of hydrogen-bond donors (Lipinski definition) is 0. The third-order valence-corrected chi connectivity index (χ3v) is 6.60. The molecule has 5 nitrogen and oxygen atoms in total. The Morgan fingerprint density at radius 2 is 1.71 bits per heavy atom. The second-order valence-corrected chi connectivity index (χ2v) is 8.46. The number of benzene rings is 2. The topological polar surface area (TPSA) is 69.7 Å². The fourth-order valence-corrected chi connectivity index (χ4v) is 5.20. The molecular weight excluding hydrogens is 464 g/mol. The molecule has 0 unspecified atom stereocenters. The summed E-state index contributed by atoms with van der Waals surface area (Å²) in [6.45, 7) is 0. The van der Waals surface area contributed by atoms with Crippen LogP contribution in [0.1, 0.15) is 15.9 Å². The van der Waals surface area contributed by atoms with Gasteiger partial charge in [0.15, 0.2) is 9.84 Å². The summed E-state index contributed by atoms with van der Waals surface area (Å²) >= 11 is 6.53. The largest absolute Gasteiger partial charge is 0.495 e. The molecule has 2 rings (SSSR count). The Kier molecular flexibility index (Phi) is 6.06. The van der Waals surface area contributed by atoms with Gasteiger partial charge in [-0.1, -0.05) is 18.2 Å². The van der Waals surface area contributed by atoms with E-state index >= 15 is 0 Å². The van der Waals surface area contributed by atoms with Crippen molar-refractivity contribution in [1.29, 1.82) is 0 Å². The van der Waals surface area contributed by atoms with E-state index in [-0.39, 0.29) is 22.0 Å². The number of ether oxygens (including phenoxy) is 2. The number of sulfone groups is 1. The molecule has 0 radical (unpaired) electrons. The maximum Gasteiger partial charge on any atom is 0.342 e. The number of carbonyl (C=O) groups excluding carboxylic acids is 1. The van der Waals surface area contributed by atoms with E-state index in [9.17, 15) is 13.2 Å². The van der Waals surface area contributed by atoms with Crippen LogP contribution in [0.3, 0.4) is 0 Å². The lowest BCUT2D eigenvalue weighted by Crippen LogP contribution is -2.13. The van der Waals surface area contributed by atoms with E-state index in [1.807, 2.05) is 0 Å². The number of halogens is 2. The molecule has 2 aromatic rings. The maximum absolute atomic E-state index is 12.7. The summed E-state index contributed by atoms with van der Waals surface area (Å²) in [6.07, 6.45) is 0. The second-order valence-electron chi connectivity index (χ2n) is 4.80. The van der Waals surface area contributed by atoms with Crippen LogP contribution in [0.4, 0.5) is 0 Å². The summed E-state index contributed by atoms with van der Waals surface area (Å²) < 4.78 is 36.5. The Bertz CT molecular complexity index is 878. The highest BCUT2D eigenvalue weighted by Crippen LogP contribution is 2.34. The van der Waals surface area contributed by atoms with Crippen molar-refractivity contribution in [1.82, 2.24) is 0 Å². The first kappa shape index (κ1) is 19.0. The van der Waals surface area contributed by atoms with Crippen molar-refractivity contribution in [3.05, 3.63) is 56.5 Å². The molecule has 2 aromatic carbocycles. The van der Waals surface area contributed by atoms with Crippen molar-refractivity contribution >= 4 is 47.7 Å². The van der Waals surface area contributed by atoms with Crippen molar-refractivity contribution in [3.63, 3.8) is 0 Å². The number of esters is 1. The van der Waals surface area contributed by atoms with Crippen LogP contribution in [0.25, 0.3) is 0 Å². The summed E-state index contributed by atoms with van der Waals surface area (Å²) in [6, 6.07) is 9.72. The molecule has 8 heteroatoms. The smallest absolute Gasteiger partial charge is 0.342 e. The summed E-state index contributed by atoms with van der Waals surface area (Å²) in [5.41, 5.74) is 0.391. The molecule has 0 aromatic heterocycles. The Hall–Kier alpha value is -1.38. The van der Waals surface area contributed by atoms with Crippen molar-refractivity contribution in [3.8, 4) is 5.75 Å². The van der Waals surface area contributed by atoms with E-state index in [0.29, 0.717) is 14.5 Å². The molecule has 0 saturated carbocycles. The van der Waals surface area contributed by atoms with E-state index in [1.54, 1.807) is 30.3 Å². The molecule has 0 bridgehead atoms. The third-order valence-electron chi connectivity index (χ3n) is 3.31. The molecule has 128 valence electrons. The quantitative estimate of drug-likeness (QED) is 0.609. The van der Waals surface area contributed by atoms with Gasteiger partial charge in [0.25, 0.3) is 0 Å². The third kappa shape index (κ3) is 3.81. The average molecular weight is 478 g/mol. The Morgan fingerprint density at radius 1 is 1.04 bits per heavy atom. The van der Waals surface area contributed by atoms with Crippen LogP contribution in [0.5, 0.6) is 5.75 Å². The lowest BCUT2D eigenvalue weighted by molar-refractivity contribution is 0.0596. The van der Waals surface area contributed by atoms with Crippen molar-refractivity contribution < 1.29 is 22.7 Å². The molecule has 0 heterocycles. The van der Waals surface area contributed by atoms with Gasteiger partial charge in [0, 0.05) is 4.47 Å². The van der Waals surface area contributed by atoms with Gasteiger partial charge in [-0.3, -0.25) is 0 Å². The highest BCUT2D eigenvalue weighted by Gasteiger charge is 2.26. The van der Waals surface area contributed by atoms with Gasteiger partial charge in [-0.05, 0) is 55.6 Å². The zero-order valence-electron chi connectivity index (χ0n) is 12.9. The molecule has 0 aliphatic carbocycles. The lowest BCUT2D eigenvalue weighted by atomic mass is 10.1. The van der Waals surface area contributed by atoms with Crippen molar-refractivity contribution in [2.24, 2.45) is 0 Å². The van der Waals surface area contributed by atoms with Crippen molar-refractivity contribution in [2.75, 3.05) is 14.2 Å². The zero-order valence-corrected chi connectivity index (χ0v) is 16.9. The molecule has 0 atom stereocenters. The first-order valence-corrected chi connectivity index (χ1v) is 9.96. The summed E-state index contributed by atoms with van der Waals surface area (Å²) in [7, 11) is -1.04. The molecule has 0 spiro atoms. The Labute approximate surface area is 157 Å². The summed E-state index contributed by atoms with van der Waals surface area (Å²) in [5, 5.41) is 0. The number of rotatable bonds is 5. The van der Waals surface area contributed by atoms with E-state index in [4.69, 9.17) is 9.47 Å². The van der Waals surface area contributed by atoms with Crippen LogP contribution >= 0.6 is 31.9 Å². The van der Waals surface area contributed by atoms with Crippen LogP contribution in [-0.2, 0) is 20.3 Å². The van der Waals surface area contributed by atoms with Crippen LogP contribution in [0.2, 0.25) is 0 Å². The SMILES string of the molecule is COC(=O)c1c(CS(=O)(=O)c2ccccc2Br)ccc(Br)c1OC. The van der Waals surface area contributed by atoms with Gasteiger partial charge in [-0.2, -0.15) is 0 Å². The highest BCUT2D eigenvalue weighted by molar-refractivity contribution is 9.10. The minimum atomic E-state index is -3.67. The van der Waals surface area contributed by atoms with E-state index in [0.717, 1.165) is 0 Å². The fourth-order valence-electron chi connectivity index (χ4n) is 2.22. The van der Waals surface area contributed by atoms with Crippen LogP contribution in [-0.4, -0.2) is 28.6 Å². The Morgan fingerprint density at radius 3 is 2.29 bits per heavy atom. The maximum atomic E-state index is 12.7. The first-order valence-electron chi connectivity index (χ1n) is 6.72. The molecule has 0 aliphatic rings. The standard InChI is InChI=1S/C16H14Br2O5S/c1-22-15-12(18)8-7-10(14(15)16(19)23-2)9-24(20,21)13-6-4-3-5-11(13)17/h3-8H,9H2,1-2H3. The van der Waals surface area contributed by atoms with Gasteiger partial charge >= 0.3 is 5.97 Å². The molecule has 0 fully saturated rings. The van der Waals surface area contributed by atoms with Gasteiger partial charge in [-0.15, -0.1) is 0 Å². The molecule has 24 heavy (non-hydrogen) atoms. The highest BCUT2D eigenvalue weighted by atomic mass is 79.9. The second kappa shape index (κ2) is 7.67. The molecule has 0 N–H and O–H groups in total. The van der Waals surface area contributed by atoms with Crippen LogP contribution in [0, 0.1) is 0 Å². The molecule has 0 amide bonds. The minimum absolute atomic E-state index is 0.0880. The van der Waals surface area contributed by atoms with Crippen LogP contribution in [0.15, 0.2) is 50.2 Å². The number of methoxy groups -OCH3 is 2. The van der Waals surface area contributed by atoms with Gasteiger partial charge in [-0.25, -0.2) is 13.2 Å². The Balaban J connectivity index is 2.58. The van der Waals surface area contributed by atoms with Gasteiger partial charge < -0.3 is 9.47 Å². The first-order chi connectivity index (χ1) is 11.3. The number of carbonyl (C=O) groups is 1. The molecular formula is C16H14Br2O5S. The monoisotopic (exact) mass is 476 g/mol. The van der Waals surface area contributed by atoms with Gasteiger partial charge in [0.05, 0.1) is 29.3 Å². The van der Waals surface area contributed by atoms with E-state index in [1.165, 1.54) is 20.3 Å². The molecule has 0 aliphatic heterocycles. The van der Waals surface area contributed by atoms with Crippen molar-refractivity contribution in [2.45, 2.75) is 10.6 Å². The number of hydrogen-bond acceptors (Lipinski definition) is 5. The molecule has 0 saturated heterocycles. The van der Waals surface area contributed by atoms with Gasteiger partial charge in [0.1, 0.15) is 11.3 Å². The van der Waals surface area contributed by atoms with E-state index < -0.39 is 15.8 Å². The minimum Gasteiger partial charge on any atom is -0.495 e. The van der Waals surface area contributed by atoms with Crippen LogP contribution < -0.4 is 4.74 Å².